The van der Waals surface area contributed by atoms with Crippen molar-refractivity contribution in [1.82, 2.24) is 10.1 Å². The van der Waals surface area contributed by atoms with Crippen LogP contribution < -0.4 is 45.8 Å². The third-order valence-corrected chi connectivity index (χ3v) is 7.46. The van der Waals surface area contributed by atoms with Crippen molar-refractivity contribution in [3.05, 3.63) is 0 Å². The second-order valence-electron chi connectivity index (χ2n) is 8.76. The zero-order valence-corrected chi connectivity index (χ0v) is 30.8. The Kier molecular flexibility index (Phi) is 41.6. The summed E-state index contributed by atoms with van der Waals surface area (Å²) >= 11 is 9.22. The minimum atomic E-state index is -1.00. The highest BCUT2D eigenvalue weighted by atomic mass is 35.5. The first-order chi connectivity index (χ1) is 22.6. The Morgan fingerprint density at radius 3 is 1.88 bits per heavy atom. The lowest BCUT2D eigenvalue weighted by Gasteiger charge is -2.11. The molecule has 2 rings (SSSR count). The Labute approximate surface area is 306 Å². The number of ketones is 2. The number of rotatable bonds is 12. The predicted molar refractivity (Wildman–Crippen MR) is 181 cm³/mol. The van der Waals surface area contributed by atoms with Crippen molar-refractivity contribution in [3.63, 3.8) is 0 Å². The number of alkyl halides is 1. The Hall–Kier alpha value is -2.02. The van der Waals surface area contributed by atoms with E-state index in [1.807, 2.05) is 5.43 Å². The maximum Gasteiger partial charge on any atom is 0.364 e. The number of quaternary nitrogens is 1. The molecule has 48 heavy (non-hydrogen) atoms. The number of aliphatic hydroxyl groups excluding tert-OH is 1. The van der Waals surface area contributed by atoms with Gasteiger partial charge in [0.1, 0.15) is 11.6 Å². The van der Waals surface area contributed by atoms with Crippen molar-refractivity contribution in [2.24, 2.45) is 29.4 Å². The lowest BCUT2D eigenvalue weighted by Crippen LogP contribution is -3.00. The van der Waals surface area contributed by atoms with E-state index < -0.39 is 19.0 Å². The number of carbonyl (C=O) groups is 8. The van der Waals surface area contributed by atoms with Crippen LogP contribution in [0.2, 0.25) is 0 Å². The number of thioether (sulfide) groups is 2. The molecular formula is C25H48ClFN6O11S4. The molecule has 2 saturated heterocycles. The number of hydrogen-bond donors (Lipinski definition) is 9. The third kappa shape index (κ3) is 33.9. The van der Waals surface area contributed by atoms with E-state index >= 15 is 0 Å². The van der Waals surface area contributed by atoms with Gasteiger partial charge in [-0.1, -0.05) is 36.3 Å². The van der Waals surface area contributed by atoms with Crippen LogP contribution in [0.5, 0.6) is 0 Å². The molecule has 0 radical (unpaired) electrons. The fourth-order valence-corrected chi connectivity index (χ4v) is 4.12. The smallest absolute Gasteiger partial charge is 0.364 e. The van der Waals surface area contributed by atoms with Gasteiger partial charge in [0.15, 0.2) is 16.3 Å². The molecule has 2 aliphatic heterocycles. The number of hydrazine groups is 2. The maximum atomic E-state index is 11.3. The summed E-state index contributed by atoms with van der Waals surface area (Å²) < 4.78 is 26.9. The lowest BCUT2D eigenvalue weighted by molar-refractivity contribution is -0.401. The van der Waals surface area contributed by atoms with Crippen molar-refractivity contribution < 1.29 is 76.8 Å². The first kappa shape index (κ1) is 52.8. The molecule has 2 amide bonds. The summed E-state index contributed by atoms with van der Waals surface area (Å²) in [6.07, 6.45) is 1.93. The monoisotopic (exact) mass is 791 g/mol. The van der Waals surface area contributed by atoms with Crippen LogP contribution in [0.1, 0.15) is 47.3 Å². The molecule has 0 aromatic carbocycles. The van der Waals surface area contributed by atoms with Crippen molar-refractivity contribution in [2.45, 2.75) is 52.0 Å². The van der Waals surface area contributed by atoms with Crippen molar-refractivity contribution in [3.8, 4) is 0 Å². The molecule has 2 heterocycles. The predicted octanol–water partition coefficient (Wildman–Crippen LogP) is -5.17. The number of cyclic esters (lactones) is 2. The van der Waals surface area contributed by atoms with Gasteiger partial charge in [-0.25, -0.2) is 10.6 Å². The minimum absolute atomic E-state index is 0. The van der Waals surface area contributed by atoms with Gasteiger partial charge in [0.05, 0.1) is 39.2 Å². The van der Waals surface area contributed by atoms with E-state index in [9.17, 15) is 42.7 Å². The number of nitrogens with one attached hydrogen (secondary N) is 2. The Balaban J connectivity index is -0.000000171. The molecular weight excluding hydrogens is 743 g/mol. The normalized spacial score (nSPS) is 15.9. The van der Waals surface area contributed by atoms with E-state index in [0.29, 0.717) is 19.6 Å². The number of carbonyl (C=O) groups excluding carboxylic acids is 8. The number of nitrogens with two attached hydrogens (primary N) is 3. The number of esters is 2. The summed E-state index contributed by atoms with van der Waals surface area (Å²) in [6.45, 7) is 3.67. The molecule has 282 valence electrons. The van der Waals surface area contributed by atoms with Crippen molar-refractivity contribution in [2.75, 3.05) is 44.2 Å². The molecule has 0 spiro atoms. The number of hydrogen-bond acceptors (Lipinski definition) is 18. The average molecular weight is 792 g/mol. The number of Topliss-reactive ketones (excluding diaryl/α,β-unsaturated/α-hetero) is 2. The van der Waals surface area contributed by atoms with Gasteiger partial charge in [-0.15, -0.1) is 0 Å². The first-order valence-corrected chi connectivity index (χ1v) is 16.5. The molecule has 0 bridgehead atoms. The van der Waals surface area contributed by atoms with Gasteiger partial charge >= 0.3 is 11.9 Å². The van der Waals surface area contributed by atoms with E-state index in [2.05, 4.69) is 52.3 Å². The molecule has 17 nitrogen and oxygen atoms in total. The summed E-state index contributed by atoms with van der Waals surface area (Å²) in [5.41, 5.74) is 5.50. The fourth-order valence-electron chi connectivity index (χ4n) is 2.91. The molecule has 2 aliphatic rings. The van der Waals surface area contributed by atoms with Gasteiger partial charge in [-0.3, -0.25) is 55.1 Å². The highest BCUT2D eigenvalue weighted by Crippen LogP contribution is 2.19. The third-order valence-electron chi connectivity index (χ3n) is 5.17. The second-order valence-corrected chi connectivity index (χ2v) is 11.6. The standard InChI is InChI=1S/C9H12O4S.C7H14N2O3S.C4H7NO2S2.C4H7NO2.CH3F.ClH.H4N2/c1-6(10)14-5-8(11)4-7-2-3-13-9(7)12;8-9-7(12)5(1-2-10)3-6(11)4-13;1-3(6)9-2-4(7)5-8;5-3-1-2-7-4(3)6;1-2;;1-2/h7H,2-5H2,1H3;5,10,13H,1-4,8H2,(H,9,12);8H,2H2,1H3,(H,5,7);3H,1-2,5H2;1H3;1H;1-2H2/i;;;;1D;;. The molecule has 23 heteroatoms. The fraction of sp³-hybridized carbons (Fsp3) is 0.680. The summed E-state index contributed by atoms with van der Waals surface area (Å²) in [6, 6.07) is -0.0972. The second kappa shape index (κ2) is 37.8. The quantitative estimate of drug-likeness (QED) is 0.0293. The summed E-state index contributed by atoms with van der Waals surface area (Å²) in [7, 11) is -1.00. The maximum absolute atomic E-state index is 11.3. The topological polar surface area (TPSA) is 305 Å². The van der Waals surface area contributed by atoms with Crippen LogP contribution in [0.4, 0.5) is 4.39 Å². The molecule has 3 unspecified atom stereocenters. The van der Waals surface area contributed by atoms with Crippen LogP contribution in [0.25, 0.3) is 0 Å². The largest absolute Gasteiger partial charge is 1.00 e. The minimum Gasteiger partial charge on any atom is -1.00 e. The Morgan fingerprint density at radius 1 is 1.04 bits per heavy atom. The van der Waals surface area contributed by atoms with Gasteiger partial charge in [0.2, 0.25) is 11.8 Å². The SMILES string of the molecule is CC(=O)SCC(=O)CC1CCOC1=O.CC(=O)SCC(=O)NS.NN.NNC(=O)C(CCO)CC(=O)CS.[2H]CF.[Cl-].[NH3+]C1CCOC1=O. The molecule has 0 aromatic heterocycles. The lowest BCUT2D eigenvalue weighted by atomic mass is 9.99. The average Bonchev–Trinajstić information content (AvgIpc) is 3.65. The van der Waals surface area contributed by atoms with E-state index in [0.717, 1.165) is 29.9 Å². The van der Waals surface area contributed by atoms with Gasteiger partial charge < -0.3 is 37.4 Å². The molecule has 0 aromatic rings. The Morgan fingerprint density at radius 2 is 1.54 bits per heavy atom. The zero-order chi connectivity index (χ0) is 38.1. The molecule has 0 saturated carbocycles. The first-order valence-electron chi connectivity index (χ1n) is 14.1. The van der Waals surface area contributed by atoms with Gasteiger partial charge in [0.25, 0.3) is 0 Å². The molecule has 12 N–H and O–H groups in total. The van der Waals surface area contributed by atoms with Gasteiger partial charge in [0, 0.05) is 51.4 Å². The summed E-state index contributed by atoms with van der Waals surface area (Å²) in [4.78, 5) is 85.7. The van der Waals surface area contributed by atoms with Crippen LogP contribution in [0.15, 0.2) is 0 Å². The van der Waals surface area contributed by atoms with Crippen LogP contribution in [-0.2, 0) is 47.8 Å². The number of amides is 2. The zero-order valence-electron chi connectivity index (χ0n) is 27.7. The van der Waals surface area contributed by atoms with Crippen molar-refractivity contribution in [1.29, 1.82) is 0 Å². The van der Waals surface area contributed by atoms with Gasteiger partial charge in [-0.2, -0.15) is 12.6 Å². The van der Waals surface area contributed by atoms with Crippen LogP contribution in [0.3, 0.4) is 0 Å². The molecule has 2 fully saturated rings. The Bertz CT molecular complexity index is 1000. The highest BCUT2D eigenvalue weighted by molar-refractivity contribution is 8.14. The van der Waals surface area contributed by atoms with Crippen LogP contribution in [-0.4, -0.2) is 101 Å². The van der Waals surface area contributed by atoms with Crippen molar-refractivity contribution >= 4 is 94.5 Å². The van der Waals surface area contributed by atoms with Crippen LogP contribution >= 0.6 is 49.0 Å². The molecule has 0 aliphatic carbocycles. The highest BCUT2D eigenvalue weighted by Gasteiger charge is 2.28. The van der Waals surface area contributed by atoms with Gasteiger partial charge in [-0.05, 0) is 12.8 Å². The van der Waals surface area contributed by atoms with E-state index in [-0.39, 0.29) is 107 Å². The van der Waals surface area contributed by atoms with Crippen LogP contribution in [0, 0.1) is 11.8 Å². The summed E-state index contributed by atoms with van der Waals surface area (Å²) in [5, 5.41) is 8.48. The number of thiol groups is 2. The molecule has 3 atom stereocenters. The van der Waals surface area contributed by atoms with E-state index in [1.165, 1.54) is 13.8 Å². The number of halogens is 2. The summed E-state index contributed by atoms with van der Waals surface area (Å²) in [5.74, 6) is 11.2. The number of aliphatic hydroxyl groups is 1. The van der Waals surface area contributed by atoms with E-state index in [1.54, 1.807) is 0 Å². The van der Waals surface area contributed by atoms with E-state index in [4.69, 9.17) is 17.1 Å². The number of ether oxygens (including phenoxy) is 2.